The summed E-state index contributed by atoms with van der Waals surface area (Å²) in [4.78, 5) is 14.5. The number of aryl methyl sites for hydroxylation is 1. The van der Waals surface area contributed by atoms with Gasteiger partial charge in [-0.1, -0.05) is 24.8 Å². The van der Waals surface area contributed by atoms with Gasteiger partial charge in [0.1, 0.15) is 0 Å². The van der Waals surface area contributed by atoms with E-state index in [2.05, 4.69) is 32.6 Å². The Kier molecular flexibility index (Phi) is 5.35. The zero-order valence-electron chi connectivity index (χ0n) is 13.1. The molecular formula is C17H24N2O. The van der Waals surface area contributed by atoms with Gasteiger partial charge in [0.25, 0.3) is 5.91 Å². The Labute approximate surface area is 122 Å². The van der Waals surface area contributed by atoms with Crippen LogP contribution in [0.4, 0.5) is 0 Å². The van der Waals surface area contributed by atoms with E-state index in [4.69, 9.17) is 5.73 Å². The number of nitrogens with zero attached hydrogens (tertiary/aromatic N) is 1. The SMILES string of the molecule is CCC(C)(C)N(C)C(=O)c1cc(C#CCN)ccc1C. The predicted molar refractivity (Wildman–Crippen MR) is 83.6 cm³/mol. The monoisotopic (exact) mass is 272 g/mol. The van der Waals surface area contributed by atoms with Gasteiger partial charge in [0.2, 0.25) is 0 Å². The average molecular weight is 272 g/mol. The van der Waals surface area contributed by atoms with Crippen molar-refractivity contribution in [3.05, 3.63) is 34.9 Å². The lowest BCUT2D eigenvalue weighted by molar-refractivity contribution is 0.0619. The van der Waals surface area contributed by atoms with E-state index in [0.29, 0.717) is 12.1 Å². The molecule has 0 unspecified atom stereocenters. The normalized spacial score (nSPS) is 10.7. The highest BCUT2D eigenvalue weighted by Crippen LogP contribution is 2.21. The molecule has 0 aliphatic heterocycles. The first-order valence-corrected chi connectivity index (χ1v) is 6.91. The number of rotatable bonds is 3. The minimum Gasteiger partial charge on any atom is -0.337 e. The van der Waals surface area contributed by atoms with Gasteiger partial charge in [0, 0.05) is 23.7 Å². The van der Waals surface area contributed by atoms with Crippen molar-refractivity contribution in [3.8, 4) is 11.8 Å². The summed E-state index contributed by atoms with van der Waals surface area (Å²) in [7, 11) is 1.85. The van der Waals surface area contributed by atoms with Crippen molar-refractivity contribution >= 4 is 5.91 Å². The number of carbonyl (C=O) groups is 1. The van der Waals surface area contributed by atoms with Crippen LogP contribution in [0.1, 0.15) is 48.7 Å². The molecule has 1 aromatic carbocycles. The zero-order valence-corrected chi connectivity index (χ0v) is 13.1. The summed E-state index contributed by atoms with van der Waals surface area (Å²) >= 11 is 0. The van der Waals surface area contributed by atoms with Crippen LogP contribution in [-0.4, -0.2) is 29.9 Å². The maximum absolute atomic E-state index is 12.7. The molecule has 0 spiro atoms. The van der Waals surface area contributed by atoms with E-state index in [-0.39, 0.29) is 11.4 Å². The Morgan fingerprint density at radius 3 is 2.60 bits per heavy atom. The minimum absolute atomic E-state index is 0.0331. The first-order chi connectivity index (χ1) is 9.33. The molecule has 1 aromatic rings. The Morgan fingerprint density at radius 2 is 2.05 bits per heavy atom. The molecule has 0 atom stereocenters. The molecule has 1 amide bonds. The summed E-state index contributed by atoms with van der Waals surface area (Å²) < 4.78 is 0. The van der Waals surface area contributed by atoms with E-state index < -0.39 is 0 Å². The van der Waals surface area contributed by atoms with Crippen LogP contribution in [0.5, 0.6) is 0 Å². The molecule has 0 aliphatic rings. The molecule has 1 rings (SSSR count). The second kappa shape index (κ2) is 6.58. The van der Waals surface area contributed by atoms with Crippen molar-refractivity contribution in [1.29, 1.82) is 0 Å². The van der Waals surface area contributed by atoms with Crippen LogP contribution in [0, 0.1) is 18.8 Å². The fourth-order valence-corrected chi connectivity index (χ4v) is 1.78. The molecule has 0 aromatic heterocycles. The Bertz CT molecular complexity index is 550. The van der Waals surface area contributed by atoms with E-state index in [1.54, 1.807) is 4.90 Å². The lowest BCUT2D eigenvalue weighted by Gasteiger charge is -2.35. The zero-order chi connectivity index (χ0) is 15.3. The standard InChI is InChI=1S/C17H24N2O/c1-6-17(3,4)19(5)16(20)15-12-14(8-7-11-18)10-9-13(15)2/h9-10,12H,6,11,18H2,1-5H3. The molecule has 108 valence electrons. The molecule has 0 saturated heterocycles. The van der Waals surface area contributed by atoms with E-state index in [0.717, 1.165) is 17.5 Å². The topological polar surface area (TPSA) is 46.3 Å². The number of benzene rings is 1. The first kappa shape index (κ1) is 16.3. The first-order valence-electron chi connectivity index (χ1n) is 6.91. The smallest absolute Gasteiger partial charge is 0.254 e. The molecule has 0 heterocycles. The van der Waals surface area contributed by atoms with Crippen LogP contribution in [0.2, 0.25) is 0 Å². The molecule has 2 N–H and O–H groups in total. The second-order valence-electron chi connectivity index (χ2n) is 5.57. The Morgan fingerprint density at radius 1 is 1.40 bits per heavy atom. The van der Waals surface area contributed by atoms with Gasteiger partial charge < -0.3 is 10.6 Å². The van der Waals surface area contributed by atoms with Crippen molar-refractivity contribution in [2.75, 3.05) is 13.6 Å². The predicted octanol–water partition coefficient (Wildman–Crippen LogP) is 2.57. The fraction of sp³-hybridized carbons (Fsp3) is 0.471. The molecule has 0 fully saturated rings. The van der Waals surface area contributed by atoms with Crippen molar-refractivity contribution in [1.82, 2.24) is 4.90 Å². The highest BCUT2D eigenvalue weighted by atomic mass is 16.2. The molecule has 0 saturated carbocycles. The van der Waals surface area contributed by atoms with Gasteiger partial charge in [-0.25, -0.2) is 0 Å². The van der Waals surface area contributed by atoms with E-state index >= 15 is 0 Å². The Balaban J connectivity index is 3.15. The highest BCUT2D eigenvalue weighted by molar-refractivity contribution is 5.96. The van der Waals surface area contributed by atoms with Gasteiger partial charge in [-0.2, -0.15) is 0 Å². The molecular weight excluding hydrogens is 248 g/mol. The summed E-state index contributed by atoms with van der Waals surface area (Å²) in [6.45, 7) is 8.48. The third-order valence-corrected chi connectivity index (χ3v) is 3.88. The van der Waals surface area contributed by atoms with E-state index in [9.17, 15) is 4.79 Å². The average Bonchev–Trinajstić information content (AvgIpc) is 2.44. The van der Waals surface area contributed by atoms with Gasteiger partial charge in [0.05, 0.1) is 6.54 Å². The van der Waals surface area contributed by atoms with Crippen LogP contribution in [0.25, 0.3) is 0 Å². The second-order valence-corrected chi connectivity index (χ2v) is 5.57. The number of hydrogen-bond acceptors (Lipinski definition) is 2. The molecule has 0 bridgehead atoms. The number of carbonyl (C=O) groups excluding carboxylic acids is 1. The Hall–Kier alpha value is -1.79. The number of amides is 1. The molecule has 3 heteroatoms. The minimum atomic E-state index is -0.164. The van der Waals surface area contributed by atoms with Crippen molar-refractivity contribution in [2.45, 2.75) is 39.7 Å². The number of hydrogen-bond donors (Lipinski definition) is 1. The summed E-state index contributed by atoms with van der Waals surface area (Å²) in [6, 6.07) is 5.70. The number of nitrogens with two attached hydrogens (primary N) is 1. The van der Waals surface area contributed by atoms with Gasteiger partial charge >= 0.3 is 0 Å². The van der Waals surface area contributed by atoms with Crippen molar-refractivity contribution < 1.29 is 4.79 Å². The van der Waals surface area contributed by atoms with Crippen LogP contribution >= 0.6 is 0 Å². The maximum atomic E-state index is 12.7. The van der Waals surface area contributed by atoms with Gasteiger partial charge in [-0.05, 0) is 44.9 Å². The third-order valence-electron chi connectivity index (χ3n) is 3.88. The van der Waals surface area contributed by atoms with Gasteiger partial charge in [-0.3, -0.25) is 4.79 Å². The van der Waals surface area contributed by atoms with Crippen LogP contribution < -0.4 is 5.73 Å². The summed E-state index contributed by atoms with van der Waals surface area (Å²) in [6.07, 6.45) is 0.904. The summed E-state index contributed by atoms with van der Waals surface area (Å²) in [5, 5.41) is 0. The van der Waals surface area contributed by atoms with Gasteiger partial charge in [0.15, 0.2) is 0 Å². The third kappa shape index (κ3) is 3.61. The highest BCUT2D eigenvalue weighted by Gasteiger charge is 2.27. The van der Waals surface area contributed by atoms with Crippen LogP contribution in [0.15, 0.2) is 18.2 Å². The largest absolute Gasteiger partial charge is 0.337 e. The summed E-state index contributed by atoms with van der Waals surface area (Å²) in [5.74, 6) is 5.82. The molecule has 20 heavy (non-hydrogen) atoms. The van der Waals surface area contributed by atoms with Gasteiger partial charge in [-0.15, -0.1) is 0 Å². The van der Waals surface area contributed by atoms with Crippen LogP contribution in [0.3, 0.4) is 0 Å². The van der Waals surface area contributed by atoms with Crippen LogP contribution in [-0.2, 0) is 0 Å². The molecule has 0 aliphatic carbocycles. The summed E-state index contributed by atoms with van der Waals surface area (Å²) in [5.41, 5.74) is 7.71. The van der Waals surface area contributed by atoms with Crippen molar-refractivity contribution in [2.24, 2.45) is 5.73 Å². The van der Waals surface area contributed by atoms with Crippen molar-refractivity contribution in [3.63, 3.8) is 0 Å². The maximum Gasteiger partial charge on any atom is 0.254 e. The molecule has 3 nitrogen and oxygen atoms in total. The quantitative estimate of drug-likeness (QED) is 0.860. The lowest BCUT2D eigenvalue weighted by Crippen LogP contribution is -2.44. The molecule has 0 radical (unpaired) electrons. The lowest BCUT2D eigenvalue weighted by atomic mass is 9.97. The van der Waals surface area contributed by atoms with E-state index in [1.165, 1.54) is 0 Å². The van der Waals surface area contributed by atoms with E-state index in [1.807, 2.05) is 32.2 Å². The fourth-order valence-electron chi connectivity index (χ4n) is 1.78.